The molecule has 0 aliphatic heterocycles. The molecule has 0 radical (unpaired) electrons. The number of thiazole rings is 1. The summed E-state index contributed by atoms with van der Waals surface area (Å²) in [6, 6.07) is 11.1. The van der Waals surface area contributed by atoms with Gasteiger partial charge in [0.25, 0.3) is 0 Å². The number of carbonyl (C=O) groups excluding carboxylic acids is 1. The lowest BCUT2D eigenvalue weighted by atomic mass is 10.1. The summed E-state index contributed by atoms with van der Waals surface area (Å²) in [5.41, 5.74) is 9.12. The van der Waals surface area contributed by atoms with Crippen molar-refractivity contribution in [2.24, 2.45) is 0 Å². The number of benzene rings is 2. The monoisotopic (exact) mass is 356 g/mol. The second kappa shape index (κ2) is 5.81. The molecule has 0 aliphatic rings. The Morgan fingerprint density at radius 2 is 2.17 bits per heavy atom. The Morgan fingerprint density at radius 3 is 3.04 bits per heavy atom. The van der Waals surface area contributed by atoms with Gasteiger partial charge in [0.2, 0.25) is 5.91 Å². The van der Waals surface area contributed by atoms with Crippen LogP contribution in [0.3, 0.4) is 0 Å². The van der Waals surface area contributed by atoms with E-state index in [9.17, 15) is 4.79 Å². The number of halogens is 1. The van der Waals surface area contributed by atoms with Crippen molar-refractivity contribution in [1.82, 2.24) is 9.97 Å². The fourth-order valence-corrected chi connectivity index (χ4v) is 3.73. The van der Waals surface area contributed by atoms with Crippen LogP contribution in [0.15, 0.2) is 42.6 Å². The van der Waals surface area contributed by atoms with Crippen LogP contribution in [0.5, 0.6) is 0 Å². The minimum atomic E-state index is -0.122. The Bertz CT molecular complexity index is 1070. The Kier molecular flexibility index (Phi) is 3.63. The van der Waals surface area contributed by atoms with Crippen LogP contribution >= 0.6 is 22.9 Å². The Morgan fingerprint density at radius 1 is 1.29 bits per heavy atom. The van der Waals surface area contributed by atoms with Gasteiger partial charge in [-0.05, 0) is 42.0 Å². The van der Waals surface area contributed by atoms with Crippen molar-refractivity contribution in [2.45, 2.75) is 6.42 Å². The maximum atomic E-state index is 12.3. The van der Waals surface area contributed by atoms with E-state index in [-0.39, 0.29) is 12.3 Å². The molecule has 0 unspecified atom stereocenters. The van der Waals surface area contributed by atoms with E-state index in [4.69, 9.17) is 17.3 Å². The van der Waals surface area contributed by atoms with E-state index < -0.39 is 0 Å². The van der Waals surface area contributed by atoms with E-state index >= 15 is 0 Å². The van der Waals surface area contributed by atoms with Gasteiger partial charge in [0.1, 0.15) is 0 Å². The maximum absolute atomic E-state index is 12.3. The topological polar surface area (TPSA) is 83.8 Å². The average molecular weight is 357 g/mol. The predicted octanol–water partition coefficient (Wildman–Crippen LogP) is 4.19. The molecule has 7 heteroatoms. The highest BCUT2D eigenvalue weighted by atomic mass is 35.5. The summed E-state index contributed by atoms with van der Waals surface area (Å²) in [6.45, 7) is 0. The minimum Gasteiger partial charge on any atom is -0.399 e. The molecule has 4 aromatic rings. The van der Waals surface area contributed by atoms with Crippen LogP contribution in [0.25, 0.3) is 21.1 Å². The number of carbonyl (C=O) groups is 1. The zero-order chi connectivity index (χ0) is 16.7. The third kappa shape index (κ3) is 2.81. The SMILES string of the molecule is Nc1ccc2nc(NC(=O)Cc3c[nH]c4ccc(Cl)cc34)sc2c1. The van der Waals surface area contributed by atoms with Gasteiger partial charge >= 0.3 is 0 Å². The largest absolute Gasteiger partial charge is 0.399 e. The summed E-state index contributed by atoms with van der Waals surface area (Å²) in [5.74, 6) is -0.122. The summed E-state index contributed by atoms with van der Waals surface area (Å²) in [6.07, 6.45) is 2.08. The number of nitrogen functional groups attached to an aromatic ring is 1. The first-order valence-electron chi connectivity index (χ1n) is 7.30. The Labute approximate surface area is 146 Å². The molecule has 0 aliphatic carbocycles. The summed E-state index contributed by atoms with van der Waals surface area (Å²) < 4.78 is 0.948. The number of nitrogens with zero attached hydrogens (tertiary/aromatic N) is 1. The van der Waals surface area contributed by atoms with Gasteiger partial charge in [-0.2, -0.15) is 0 Å². The van der Waals surface area contributed by atoms with Gasteiger partial charge in [-0.25, -0.2) is 4.98 Å². The van der Waals surface area contributed by atoms with Crippen molar-refractivity contribution in [1.29, 1.82) is 0 Å². The van der Waals surface area contributed by atoms with Crippen LogP contribution < -0.4 is 11.1 Å². The quantitative estimate of drug-likeness (QED) is 0.481. The number of aromatic amines is 1. The fraction of sp³-hybridized carbons (Fsp3) is 0.0588. The number of aromatic nitrogens is 2. The highest BCUT2D eigenvalue weighted by Crippen LogP contribution is 2.28. The standard InChI is InChI=1S/C17H13ClN4OS/c18-10-1-3-13-12(6-10)9(8-20-13)5-16(23)22-17-21-14-4-2-11(19)7-15(14)24-17/h1-4,6-8,20H,5,19H2,(H,21,22,23). The van der Waals surface area contributed by atoms with Gasteiger partial charge in [-0.1, -0.05) is 22.9 Å². The van der Waals surface area contributed by atoms with Gasteiger partial charge < -0.3 is 16.0 Å². The number of amides is 1. The molecule has 0 atom stereocenters. The van der Waals surface area contributed by atoms with Gasteiger partial charge in [0.05, 0.1) is 16.6 Å². The number of anilines is 2. The van der Waals surface area contributed by atoms with Crippen molar-refractivity contribution in [2.75, 3.05) is 11.1 Å². The summed E-state index contributed by atoms with van der Waals surface area (Å²) >= 11 is 7.45. The van der Waals surface area contributed by atoms with Gasteiger partial charge in [-0.3, -0.25) is 4.79 Å². The molecular weight excluding hydrogens is 344 g/mol. The van der Waals surface area contributed by atoms with Crippen molar-refractivity contribution in [3.05, 3.63) is 53.2 Å². The van der Waals surface area contributed by atoms with Crippen LogP contribution in [0.2, 0.25) is 5.02 Å². The highest BCUT2D eigenvalue weighted by Gasteiger charge is 2.12. The van der Waals surface area contributed by atoms with E-state index in [0.717, 1.165) is 26.7 Å². The van der Waals surface area contributed by atoms with Crippen molar-refractivity contribution >= 4 is 60.8 Å². The molecule has 4 N–H and O–H groups in total. The number of H-pyrrole nitrogens is 1. The molecular formula is C17H13ClN4OS. The molecule has 120 valence electrons. The molecule has 2 aromatic heterocycles. The van der Waals surface area contributed by atoms with Crippen LogP contribution in [-0.4, -0.2) is 15.9 Å². The molecule has 0 saturated carbocycles. The number of fused-ring (bicyclic) bond motifs is 2. The zero-order valence-electron chi connectivity index (χ0n) is 12.5. The van der Waals surface area contributed by atoms with E-state index in [1.54, 1.807) is 6.07 Å². The highest BCUT2D eigenvalue weighted by molar-refractivity contribution is 7.22. The van der Waals surface area contributed by atoms with Gasteiger partial charge in [0.15, 0.2) is 5.13 Å². The maximum Gasteiger partial charge on any atom is 0.230 e. The predicted molar refractivity (Wildman–Crippen MR) is 99.7 cm³/mol. The zero-order valence-corrected chi connectivity index (χ0v) is 14.0. The molecule has 24 heavy (non-hydrogen) atoms. The first kappa shape index (κ1) is 15.0. The molecule has 2 heterocycles. The lowest BCUT2D eigenvalue weighted by Gasteiger charge is -2.01. The first-order valence-corrected chi connectivity index (χ1v) is 8.49. The first-order chi connectivity index (χ1) is 11.6. The molecule has 0 fully saturated rings. The molecule has 1 amide bonds. The van der Waals surface area contributed by atoms with E-state index in [0.29, 0.717) is 15.8 Å². The van der Waals surface area contributed by atoms with Crippen molar-refractivity contribution in [3.63, 3.8) is 0 Å². The van der Waals surface area contributed by atoms with Crippen LogP contribution in [-0.2, 0) is 11.2 Å². The van der Waals surface area contributed by atoms with E-state index in [2.05, 4.69) is 15.3 Å². The molecule has 0 saturated heterocycles. The van der Waals surface area contributed by atoms with Crippen molar-refractivity contribution < 1.29 is 4.79 Å². The number of rotatable bonds is 3. The van der Waals surface area contributed by atoms with Crippen molar-refractivity contribution in [3.8, 4) is 0 Å². The molecule has 0 spiro atoms. The summed E-state index contributed by atoms with van der Waals surface area (Å²) in [7, 11) is 0. The minimum absolute atomic E-state index is 0.122. The third-order valence-electron chi connectivity index (χ3n) is 3.74. The number of hydrogen-bond donors (Lipinski definition) is 3. The summed E-state index contributed by atoms with van der Waals surface area (Å²) in [4.78, 5) is 19.9. The van der Waals surface area contributed by atoms with Crippen LogP contribution in [0.4, 0.5) is 10.8 Å². The second-order valence-electron chi connectivity index (χ2n) is 5.47. The number of nitrogens with two attached hydrogens (primary N) is 1. The molecule has 4 rings (SSSR count). The number of nitrogens with one attached hydrogen (secondary N) is 2. The van der Waals surface area contributed by atoms with Crippen LogP contribution in [0.1, 0.15) is 5.56 Å². The molecule has 5 nitrogen and oxygen atoms in total. The average Bonchev–Trinajstić information content (AvgIpc) is 3.10. The van der Waals surface area contributed by atoms with E-state index in [1.165, 1.54) is 11.3 Å². The number of hydrogen-bond acceptors (Lipinski definition) is 4. The lowest BCUT2D eigenvalue weighted by molar-refractivity contribution is -0.115. The lowest BCUT2D eigenvalue weighted by Crippen LogP contribution is -2.13. The van der Waals surface area contributed by atoms with Gasteiger partial charge in [0, 0.05) is 27.8 Å². The fourth-order valence-electron chi connectivity index (χ4n) is 2.63. The Balaban J connectivity index is 1.55. The molecule has 0 bridgehead atoms. The third-order valence-corrected chi connectivity index (χ3v) is 4.91. The van der Waals surface area contributed by atoms with Gasteiger partial charge in [-0.15, -0.1) is 0 Å². The Hall–Kier alpha value is -2.57. The second-order valence-corrected chi connectivity index (χ2v) is 6.94. The molecule has 2 aromatic carbocycles. The normalized spacial score (nSPS) is 11.2. The smallest absolute Gasteiger partial charge is 0.230 e. The van der Waals surface area contributed by atoms with E-state index in [1.807, 2.05) is 36.5 Å². The van der Waals surface area contributed by atoms with Crippen LogP contribution in [0, 0.1) is 0 Å². The summed E-state index contributed by atoms with van der Waals surface area (Å²) in [5, 5.41) is 5.02.